The molecule has 0 aromatic heterocycles. The van der Waals surface area contributed by atoms with Gasteiger partial charge in [-0.3, -0.25) is 9.69 Å². The molecule has 19 heavy (non-hydrogen) atoms. The Balaban J connectivity index is 2.07. The number of carbonyl (C=O) groups is 2. The van der Waals surface area contributed by atoms with Crippen LogP contribution in [-0.4, -0.2) is 31.2 Å². The molecule has 102 valence electrons. The van der Waals surface area contributed by atoms with Gasteiger partial charge in [0.2, 0.25) is 5.91 Å². The Kier molecular flexibility index (Phi) is 3.69. The van der Waals surface area contributed by atoms with E-state index in [2.05, 4.69) is 5.32 Å². The number of nitrogens with zero attached hydrogens (tertiary/aromatic N) is 1. The van der Waals surface area contributed by atoms with Gasteiger partial charge in [0.25, 0.3) is 0 Å². The fraction of sp³-hybridized carbons (Fsp3) is 0.385. The van der Waals surface area contributed by atoms with Gasteiger partial charge in [-0.2, -0.15) is 0 Å². The zero-order valence-electron chi connectivity index (χ0n) is 10.8. The molecule has 1 aliphatic heterocycles. The summed E-state index contributed by atoms with van der Waals surface area (Å²) in [5.74, 6) is -0.550. The van der Waals surface area contributed by atoms with E-state index >= 15 is 0 Å². The van der Waals surface area contributed by atoms with E-state index in [9.17, 15) is 14.0 Å². The monoisotopic (exact) mass is 266 g/mol. The number of ether oxygens (including phenoxy) is 1. The lowest BCUT2D eigenvalue weighted by Gasteiger charge is -2.13. The smallest absolute Gasteiger partial charge is 0.414 e. The van der Waals surface area contributed by atoms with Crippen molar-refractivity contribution in [2.75, 3.05) is 18.0 Å². The second-order valence-corrected chi connectivity index (χ2v) is 4.49. The number of anilines is 1. The third kappa shape index (κ3) is 3.01. The Morgan fingerprint density at radius 1 is 1.58 bits per heavy atom. The van der Waals surface area contributed by atoms with Crippen LogP contribution in [0.5, 0.6) is 0 Å². The summed E-state index contributed by atoms with van der Waals surface area (Å²) in [7, 11) is 0. The van der Waals surface area contributed by atoms with Gasteiger partial charge in [-0.15, -0.1) is 0 Å². The summed E-state index contributed by atoms with van der Waals surface area (Å²) in [5.41, 5.74) is 0.976. The van der Waals surface area contributed by atoms with Gasteiger partial charge in [-0.1, -0.05) is 6.07 Å². The minimum Gasteiger partial charge on any atom is -0.442 e. The fourth-order valence-electron chi connectivity index (χ4n) is 1.85. The van der Waals surface area contributed by atoms with Crippen LogP contribution < -0.4 is 10.2 Å². The number of halogens is 1. The number of hydrogen-bond acceptors (Lipinski definition) is 3. The van der Waals surface area contributed by atoms with Crippen LogP contribution in [0.15, 0.2) is 18.2 Å². The van der Waals surface area contributed by atoms with Gasteiger partial charge in [0.05, 0.1) is 18.8 Å². The van der Waals surface area contributed by atoms with Crippen molar-refractivity contribution in [3.63, 3.8) is 0 Å². The van der Waals surface area contributed by atoms with Crippen molar-refractivity contribution in [1.29, 1.82) is 0 Å². The van der Waals surface area contributed by atoms with Crippen LogP contribution in [0.2, 0.25) is 0 Å². The van der Waals surface area contributed by atoms with Gasteiger partial charge in [0.15, 0.2) is 0 Å². The Labute approximate surface area is 110 Å². The average molecular weight is 266 g/mol. The lowest BCUT2D eigenvalue weighted by molar-refractivity contribution is -0.119. The minimum atomic E-state index is -0.529. The lowest BCUT2D eigenvalue weighted by Crippen LogP contribution is -2.33. The average Bonchev–Trinajstić information content (AvgIpc) is 2.72. The second kappa shape index (κ2) is 5.26. The molecule has 1 aromatic rings. The van der Waals surface area contributed by atoms with Crippen LogP contribution in [0, 0.1) is 12.7 Å². The highest BCUT2D eigenvalue weighted by molar-refractivity contribution is 5.89. The molecule has 0 aliphatic carbocycles. The normalized spacial score (nSPS) is 18.4. The maximum absolute atomic E-state index is 13.5. The van der Waals surface area contributed by atoms with Crippen LogP contribution in [0.25, 0.3) is 0 Å². The Bertz CT molecular complexity index is 519. The van der Waals surface area contributed by atoms with E-state index in [1.54, 1.807) is 19.1 Å². The summed E-state index contributed by atoms with van der Waals surface area (Å²) in [6.07, 6.45) is -0.945. The quantitative estimate of drug-likeness (QED) is 0.904. The van der Waals surface area contributed by atoms with Gasteiger partial charge in [-0.05, 0) is 24.6 Å². The van der Waals surface area contributed by atoms with Gasteiger partial charge >= 0.3 is 6.09 Å². The van der Waals surface area contributed by atoms with Crippen LogP contribution >= 0.6 is 0 Å². The summed E-state index contributed by atoms with van der Waals surface area (Å²) in [6.45, 7) is 3.60. The standard InChI is InChI=1S/C13H15FN2O3/c1-8-3-4-10(5-12(8)14)16-7-11(19-13(16)18)6-15-9(2)17/h3-5,11H,6-7H2,1-2H3,(H,15,17)/t11-/m1/s1. The van der Waals surface area contributed by atoms with Gasteiger partial charge in [-0.25, -0.2) is 9.18 Å². The van der Waals surface area contributed by atoms with Crippen LogP contribution in [0.3, 0.4) is 0 Å². The Hall–Kier alpha value is -2.11. The zero-order valence-corrected chi connectivity index (χ0v) is 10.8. The molecule has 1 aliphatic rings. The number of benzene rings is 1. The zero-order chi connectivity index (χ0) is 14.0. The third-order valence-electron chi connectivity index (χ3n) is 2.92. The number of aryl methyl sites for hydroxylation is 1. The van der Waals surface area contributed by atoms with Crippen molar-refractivity contribution in [3.8, 4) is 0 Å². The first-order valence-electron chi connectivity index (χ1n) is 5.96. The number of amides is 2. The molecular weight excluding hydrogens is 251 g/mol. The van der Waals surface area contributed by atoms with E-state index in [-0.39, 0.29) is 18.3 Å². The number of carbonyl (C=O) groups excluding carboxylic acids is 2. The van der Waals surface area contributed by atoms with Crippen molar-refractivity contribution in [1.82, 2.24) is 5.32 Å². The SMILES string of the molecule is CC(=O)NC[C@@H]1CN(c2ccc(C)c(F)c2)C(=O)O1. The van der Waals surface area contributed by atoms with E-state index in [4.69, 9.17) is 4.74 Å². The predicted molar refractivity (Wildman–Crippen MR) is 67.4 cm³/mol. The Morgan fingerprint density at radius 3 is 2.95 bits per heavy atom. The summed E-state index contributed by atoms with van der Waals surface area (Å²) in [4.78, 5) is 23.9. The summed E-state index contributed by atoms with van der Waals surface area (Å²) in [6, 6.07) is 4.58. The largest absolute Gasteiger partial charge is 0.442 e. The molecule has 0 radical (unpaired) electrons. The van der Waals surface area contributed by atoms with Crippen molar-refractivity contribution in [3.05, 3.63) is 29.6 Å². The van der Waals surface area contributed by atoms with Crippen LogP contribution in [-0.2, 0) is 9.53 Å². The molecule has 1 saturated heterocycles. The van der Waals surface area contributed by atoms with E-state index in [1.807, 2.05) is 0 Å². The second-order valence-electron chi connectivity index (χ2n) is 4.49. The first-order valence-corrected chi connectivity index (χ1v) is 5.96. The van der Waals surface area contributed by atoms with Crippen molar-refractivity contribution in [2.24, 2.45) is 0 Å². The molecule has 1 aromatic carbocycles. The predicted octanol–water partition coefficient (Wildman–Crippen LogP) is 1.60. The highest BCUT2D eigenvalue weighted by Crippen LogP contribution is 2.23. The molecule has 1 heterocycles. The number of hydrogen-bond donors (Lipinski definition) is 1. The van der Waals surface area contributed by atoms with E-state index in [0.717, 1.165) is 0 Å². The number of rotatable bonds is 3. The lowest BCUT2D eigenvalue weighted by atomic mass is 10.2. The molecular formula is C13H15FN2O3. The van der Waals surface area contributed by atoms with Gasteiger partial charge < -0.3 is 10.1 Å². The first-order chi connectivity index (χ1) is 8.97. The van der Waals surface area contributed by atoms with Crippen molar-refractivity contribution < 1.29 is 18.7 Å². The summed E-state index contributed by atoms with van der Waals surface area (Å²) >= 11 is 0. The summed E-state index contributed by atoms with van der Waals surface area (Å²) < 4.78 is 18.6. The Morgan fingerprint density at radius 2 is 2.32 bits per heavy atom. The maximum Gasteiger partial charge on any atom is 0.414 e. The molecule has 2 rings (SSSR count). The molecule has 5 nitrogen and oxygen atoms in total. The molecule has 0 spiro atoms. The highest BCUT2D eigenvalue weighted by atomic mass is 19.1. The van der Waals surface area contributed by atoms with Crippen molar-refractivity contribution in [2.45, 2.75) is 20.0 Å². The minimum absolute atomic E-state index is 0.184. The van der Waals surface area contributed by atoms with E-state index in [0.29, 0.717) is 17.8 Å². The molecule has 1 atom stereocenters. The topological polar surface area (TPSA) is 58.6 Å². The number of cyclic esters (lactones) is 1. The fourth-order valence-corrected chi connectivity index (χ4v) is 1.85. The third-order valence-corrected chi connectivity index (χ3v) is 2.92. The number of nitrogens with one attached hydrogen (secondary N) is 1. The molecule has 1 fully saturated rings. The van der Waals surface area contributed by atoms with Gasteiger partial charge in [0.1, 0.15) is 11.9 Å². The first kappa shape index (κ1) is 13.3. The molecule has 2 amide bonds. The molecule has 0 saturated carbocycles. The molecule has 1 N–H and O–H groups in total. The van der Waals surface area contributed by atoms with Gasteiger partial charge in [0, 0.05) is 6.92 Å². The molecule has 6 heteroatoms. The molecule has 0 bridgehead atoms. The van der Waals surface area contributed by atoms with Crippen molar-refractivity contribution >= 4 is 17.7 Å². The van der Waals surface area contributed by atoms with E-state index in [1.165, 1.54) is 17.9 Å². The summed E-state index contributed by atoms with van der Waals surface area (Å²) in [5, 5.41) is 2.58. The molecule has 0 unspecified atom stereocenters. The van der Waals surface area contributed by atoms with Crippen LogP contribution in [0.1, 0.15) is 12.5 Å². The van der Waals surface area contributed by atoms with Crippen LogP contribution in [0.4, 0.5) is 14.9 Å². The van der Waals surface area contributed by atoms with E-state index < -0.39 is 12.2 Å². The highest BCUT2D eigenvalue weighted by Gasteiger charge is 2.32. The maximum atomic E-state index is 13.5.